The van der Waals surface area contributed by atoms with Gasteiger partial charge in [-0.2, -0.15) is 10.4 Å². The van der Waals surface area contributed by atoms with Gasteiger partial charge in [0.15, 0.2) is 0 Å². The normalized spacial score (nSPS) is 11.6. The van der Waals surface area contributed by atoms with Crippen molar-refractivity contribution < 1.29 is 4.92 Å². The molecule has 2 aromatic rings. The van der Waals surface area contributed by atoms with Crippen LogP contribution in [0.15, 0.2) is 36.7 Å². The molecule has 1 N–H and O–H groups in total. The number of hydrogen-bond donors (Lipinski definition) is 1. The van der Waals surface area contributed by atoms with E-state index in [1.807, 2.05) is 25.3 Å². The van der Waals surface area contributed by atoms with Crippen LogP contribution in [-0.4, -0.2) is 20.7 Å². The molecule has 0 aliphatic heterocycles. The van der Waals surface area contributed by atoms with E-state index in [-0.39, 0.29) is 11.7 Å². The summed E-state index contributed by atoms with van der Waals surface area (Å²) in [5.74, 6) is 0. The van der Waals surface area contributed by atoms with Gasteiger partial charge in [0, 0.05) is 24.5 Å². The van der Waals surface area contributed by atoms with Crippen molar-refractivity contribution >= 4 is 11.4 Å². The Labute approximate surface area is 115 Å². The predicted octanol–water partition coefficient (Wildman–Crippen LogP) is 2.16. The average molecular weight is 271 g/mol. The molecule has 1 aromatic carbocycles. The van der Waals surface area contributed by atoms with Crippen molar-refractivity contribution in [2.45, 2.75) is 19.5 Å². The number of nitro benzene ring substituents is 1. The average Bonchev–Trinajstić information content (AvgIpc) is 2.90. The van der Waals surface area contributed by atoms with Crippen LogP contribution in [0.25, 0.3) is 0 Å². The first-order chi connectivity index (χ1) is 9.60. The van der Waals surface area contributed by atoms with Gasteiger partial charge in [-0.05, 0) is 25.1 Å². The van der Waals surface area contributed by atoms with Crippen LogP contribution in [0.1, 0.15) is 12.5 Å². The third-order valence-electron chi connectivity index (χ3n) is 2.74. The largest absolute Gasteiger partial charge is 0.375 e. The van der Waals surface area contributed by atoms with E-state index in [9.17, 15) is 10.1 Å². The van der Waals surface area contributed by atoms with Crippen molar-refractivity contribution in [3.05, 3.63) is 52.3 Å². The zero-order chi connectivity index (χ0) is 14.5. The molecule has 7 heteroatoms. The number of rotatable bonds is 5. The number of hydrogen-bond acceptors (Lipinski definition) is 5. The second-order valence-electron chi connectivity index (χ2n) is 4.37. The first-order valence-electron chi connectivity index (χ1n) is 6.02. The minimum Gasteiger partial charge on any atom is -0.375 e. The number of nitriles is 1. The lowest BCUT2D eigenvalue weighted by atomic mass is 10.1. The fourth-order valence-corrected chi connectivity index (χ4v) is 1.88. The number of anilines is 1. The van der Waals surface area contributed by atoms with E-state index in [1.54, 1.807) is 10.9 Å². The third-order valence-corrected chi connectivity index (χ3v) is 2.74. The van der Waals surface area contributed by atoms with E-state index in [0.29, 0.717) is 17.8 Å². The van der Waals surface area contributed by atoms with Crippen LogP contribution in [0, 0.1) is 21.4 Å². The highest BCUT2D eigenvalue weighted by atomic mass is 16.6. The van der Waals surface area contributed by atoms with Gasteiger partial charge < -0.3 is 5.32 Å². The SMILES string of the molecule is CC(Cn1cccn1)Nc1cc(C#N)ccc1[N+](=O)[O-]. The molecule has 20 heavy (non-hydrogen) atoms. The maximum absolute atomic E-state index is 11.0. The van der Waals surface area contributed by atoms with Crippen LogP contribution in [0.2, 0.25) is 0 Å². The van der Waals surface area contributed by atoms with E-state index in [1.165, 1.54) is 18.2 Å². The van der Waals surface area contributed by atoms with Crippen molar-refractivity contribution in [1.29, 1.82) is 5.26 Å². The number of nitro groups is 1. The number of nitrogens with one attached hydrogen (secondary N) is 1. The lowest BCUT2D eigenvalue weighted by molar-refractivity contribution is -0.384. The van der Waals surface area contributed by atoms with E-state index < -0.39 is 4.92 Å². The quantitative estimate of drug-likeness (QED) is 0.664. The molecule has 1 aromatic heterocycles. The van der Waals surface area contributed by atoms with Crippen LogP contribution in [0.5, 0.6) is 0 Å². The van der Waals surface area contributed by atoms with Crippen LogP contribution >= 0.6 is 0 Å². The molecule has 1 unspecified atom stereocenters. The summed E-state index contributed by atoms with van der Waals surface area (Å²) in [6, 6.07) is 7.97. The Morgan fingerprint density at radius 2 is 2.40 bits per heavy atom. The zero-order valence-corrected chi connectivity index (χ0v) is 10.9. The summed E-state index contributed by atoms with van der Waals surface area (Å²) in [5, 5.41) is 27.0. The fraction of sp³-hybridized carbons (Fsp3) is 0.231. The molecule has 0 aliphatic rings. The molecule has 0 saturated heterocycles. The monoisotopic (exact) mass is 271 g/mol. The molecule has 0 amide bonds. The van der Waals surface area contributed by atoms with E-state index in [2.05, 4.69) is 10.4 Å². The Balaban J connectivity index is 2.18. The van der Waals surface area contributed by atoms with Crippen LogP contribution in [0.4, 0.5) is 11.4 Å². The van der Waals surface area contributed by atoms with Gasteiger partial charge in [0.1, 0.15) is 5.69 Å². The van der Waals surface area contributed by atoms with Gasteiger partial charge in [-0.15, -0.1) is 0 Å². The van der Waals surface area contributed by atoms with Gasteiger partial charge in [0.05, 0.1) is 23.1 Å². The summed E-state index contributed by atoms with van der Waals surface area (Å²) in [4.78, 5) is 10.5. The molecule has 1 heterocycles. The lowest BCUT2D eigenvalue weighted by Crippen LogP contribution is -2.22. The summed E-state index contributed by atoms with van der Waals surface area (Å²) in [5.41, 5.74) is 0.675. The van der Waals surface area contributed by atoms with Gasteiger partial charge in [-0.1, -0.05) is 0 Å². The first-order valence-corrected chi connectivity index (χ1v) is 6.02. The summed E-state index contributed by atoms with van der Waals surface area (Å²) in [7, 11) is 0. The van der Waals surface area contributed by atoms with Gasteiger partial charge in [0.2, 0.25) is 0 Å². The Bertz CT molecular complexity index is 645. The molecule has 102 valence electrons. The van der Waals surface area contributed by atoms with Crippen LogP contribution in [-0.2, 0) is 6.54 Å². The highest BCUT2D eigenvalue weighted by molar-refractivity contribution is 5.64. The molecule has 0 bridgehead atoms. The van der Waals surface area contributed by atoms with Crippen molar-refractivity contribution in [1.82, 2.24) is 9.78 Å². The predicted molar refractivity (Wildman–Crippen MR) is 73.1 cm³/mol. The highest BCUT2D eigenvalue weighted by Gasteiger charge is 2.16. The number of benzene rings is 1. The topological polar surface area (TPSA) is 96.8 Å². The Kier molecular flexibility index (Phi) is 3.96. The van der Waals surface area contributed by atoms with Crippen molar-refractivity contribution in [3.8, 4) is 6.07 Å². The molecular formula is C13H13N5O2. The first kappa shape index (κ1) is 13.5. The molecule has 0 aliphatic carbocycles. The molecule has 0 saturated carbocycles. The number of nitrogens with zero attached hydrogens (tertiary/aromatic N) is 4. The number of aromatic nitrogens is 2. The van der Waals surface area contributed by atoms with Gasteiger partial charge in [-0.25, -0.2) is 0 Å². The molecule has 0 spiro atoms. The minimum absolute atomic E-state index is 0.0451. The Hall–Kier alpha value is -2.88. The fourth-order valence-electron chi connectivity index (χ4n) is 1.88. The standard InChI is InChI=1S/C13H13N5O2/c1-10(9-17-6-2-5-15-17)16-12-7-11(8-14)3-4-13(12)18(19)20/h2-7,10,16H,9H2,1H3. The second kappa shape index (κ2) is 5.84. The van der Waals surface area contributed by atoms with Gasteiger partial charge in [0.25, 0.3) is 5.69 Å². The smallest absolute Gasteiger partial charge is 0.292 e. The summed E-state index contributed by atoms with van der Waals surface area (Å²) in [6.07, 6.45) is 3.49. The summed E-state index contributed by atoms with van der Waals surface area (Å²) >= 11 is 0. The van der Waals surface area contributed by atoms with Crippen molar-refractivity contribution in [3.63, 3.8) is 0 Å². The minimum atomic E-state index is -0.468. The Morgan fingerprint density at radius 3 is 3.00 bits per heavy atom. The maximum Gasteiger partial charge on any atom is 0.292 e. The van der Waals surface area contributed by atoms with Gasteiger partial charge in [-0.3, -0.25) is 14.8 Å². The summed E-state index contributed by atoms with van der Waals surface area (Å²) in [6.45, 7) is 2.46. The molecule has 1 atom stereocenters. The molecule has 0 radical (unpaired) electrons. The van der Waals surface area contributed by atoms with E-state index in [0.717, 1.165) is 0 Å². The third kappa shape index (κ3) is 3.11. The van der Waals surface area contributed by atoms with Crippen molar-refractivity contribution in [2.75, 3.05) is 5.32 Å². The van der Waals surface area contributed by atoms with Crippen molar-refractivity contribution in [2.24, 2.45) is 0 Å². The van der Waals surface area contributed by atoms with E-state index in [4.69, 9.17) is 5.26 Å². The molecular weight excluding hydrogens is 258 g/mol. The van der Waals surface area contributed by atoms with E-state index >= 15 is 0 Å². The maximum atomic E-state index is 11.0. The molecule has 0 fully saturated rings. The molecule has 7 nitrogen and oxygen atoms in total. The lowest BCUT2D eigenvalue weighted by Gasteiger charge is -2.15. The summed E-state index contributed by atoms with van der Waals surface area (Å²) < 4.78 is 1.73. The van der Waals surface area contributed by atoms with Crippen LogP contribution in [0.3, 0.4) is 0 Å². The van der Waals surface area contributed by atoms with Gasteiger partial charge >= 0.3 is 0 Å². The zero-order valence-electron chi connectivity index (χ0n) is 10.9. The second-order valence-corrected chi connectivity index (χ2v) is 4.37. The highest BCUT2D eigenvalue weighted by Crippen LogP contribution is 2.26. The Morgan fingerprint density at radius 1 is 1.60 bits per heavy atom. The molecule has 2 rings (SSSR count). The van der Waals surface area contributed by atoms with Crippen LogP contribution < -0.4 is 5.32 Å².